The summed E-state index contributed by atoms with van der Waals surface area (Å²) in [5.74, 6) is 0.393. The van der Waals surface area contributed by atoms with Crippen molar-refractivity contribution in [1.82, 2.24) is 10.6 Å². The minimum atomic E-state index is -0.306. The van der Waals surface area contributed by atoms with Gasteiger partial charge in [0.05, 0.1) is 6.07 Å². The van der Waals surface area contributed by atoms with Gasteiger partial charge in [0.15, 0.2) is 6.61 Å². The van der Waals surface area contributed by atoms with Gasteiger partial charge in [-0.2, -0.15) is 5.26 Å². The van der Waals surface area contributed by atoms with E-state index in [4.69, 9.17) is 10.00 Å². The molecule has 0 fully saturated rings. The van der Waals surface area contributed by atoms with Gasteiger partial charge in [-0.3, -0.25) is 4.79 Å². The average Bonchev–Trinajstić information content (AvgIpc) is 2.35. The molecule has 0 aliphatic rings. The van der Waals surface area contributed by atoms with Crippen LogP contribution in [0.25, 0.3) is 0 Å². The molecule has 1 aromatic rings. The number of benzene rings is 1. The van der Waals surface area contributed by atoms with Gasteiger partial charge in [0.1, 0.15) is 12.3 Å². The first-order valence-electron chi connectivity index (χ1n) is 5.78. The minimum absolute atomic E-state index is 0.00904. The monoisotopic (exact) mass is 325 g/mol. The van der Waals surface area contributed by atoms with Crippen molar-refractivity contribution in [3.63, 3.8) is 0 Å². The van der Waals surface area contributed by atoms with Crippen LogP contribution in [0, 0.1) is 18.3 Å². The summed E-state index contributed by atoms with van der Waals surface area (Å²) in [5.41, 5.74) is 1.93. The molecule has 102 valence electrons. The van der Waals surface area contributed by atoms with Crippen LogP contribution < -0.4 is 15.4 Å². The highest BCUT2D eigenvalue weighted by Crippen LogP contribution is 2.28. The van der Waals surface area contributed by atoms with Gasteiger partial charge < -0.3 is 15.4 Å². The molecule has 0 aromatic heterocycles. The summed E-state index contributed by atoms with van der Waals surface area (Å²) >= 11 is 3.43. The summed E-state index contributed by atoms with van der Waals surface area (Å²) in [4.78, 5) is 11.4. The zero-order valence-corrected chi connectivity index (χ0v) is 12.5. The number of nitrogens with one attached hydrogen (secondary N) is 2. The Morgan fingerprint density at radius 2 is 2.26 bits per heavy atom. The smallest absolute Gasteiger partial charge is 0.258 e. The number of aryl methyl sites for hydroxylation is 1. The lowest BCUT2D eigenvalue weighted by Gasteiger charge is -2.14. The minimum Gasteiger partial charge on any atom is -0.483 e. The molecule has 0 heterocycles. The first-order chi connectivity index (χ1) is 9.08. The van der Waals surface area contributed by atoms with E-state index in [2.05, 4.69) is 26.6 Å². The van der Waals surface area contributed by atoms with Crippen molar-refractivity contribution in [3.8, 4) is 11.8 Å². The summed E-state index contributed by atoms with van der Waals surface area (Å²) in [5, 5.41) is 13.9. The Morgan fingerprint density at radius 1 is 1.53 bits per heavy atom. The fraction of sp³-hybridized carbons (Fsp3) is 0.385. The van der Waals surface area contributed by atoms with E-state index in [-0.39, 0.29) is 19.1 Å². The van der Waals surface area contributed by atoms with Crippen molar-refractivity contribution >= 4 is 21.8 Å². The van der Waals surface area contributed by atoms with Crippen LogP contribution in [0.15, 0.2) is 16.6 Å². The van der Waals surface area contributed by atoms with Crippen molar-refractivity contribution in [3.05, 3.63) is 27.7 Å². The largest absolute Gasteiger partial charge is 0.483 e. The first-order valence-corrected chi connectivity index (χ1v) is 6.57. The molecule has 1 rings (SSSR count). The highest BCUT2D eigenvalue weighted by Gasteiger charge is 2.10. The van der Waals surface area contributed by atoms with E-state index in [1.165, 1.54) is 0 Å². The van der Waals surface area contributed by atoms with E-state index >= 15 is 0 Å². The topological polar surface area (TPSA) is 74.2 Å². The molecule has 0 atom stereocenters. The zero-order chi connectivity index (χ0) is 14.3. The molecule has 0 aliphatic carbocycles. The van der Waals surface area contributed by atoms with Crippen LogP contribution in [-0.4, -0.2) is 26.1 Å². The third-order valence-electron chi connectivity index (χ3n) is 2.40. The number of nitrogens with zero attached hydrogens (tertiary/aromatic N) is 1. The fourth-order valence-corrected chi connectivity index (χ4v) is 2.27. The molecule has 6 heteroatoms. The number of nitriles is 1. The lowest BCUT2D eigenvalue weighted by molar-refractivity contribution is -0.122. The number of carbonyl (C=O) groups is 1. The maximum Gasteiger partial charge on any atom is 0.258 e. The zero-order valence-electron chi connectivity index (χ0n) is 10.9. The van der Waals surface area contributed by atoms with Crippen molar-refractivity contribution in [2.45, 2.75) is 13.5 Å². The standard InChI is InChI=1S/C13H16BrN3O2/c1-9-5-11(14)6-10(7-16-2)13(9)19-8-12(18)17-4-3-15/h5-6,16H,4,7-8H2,1-2H3,(H,17,18). The van der Waals surface area contributed by atoms with Crippen molar-refractivity contribution in [2.24, 2.45) is 0 Å². The number of hydrogen-bond acceptors (Lipinski definition) is 4. The average molecular weight is 326 g/mol. The molecule has 1 amide bonds. The lowest BCUT2D eigenvalue weighted by Crippen LogP contribution is -2.29. The second kappa shape index (κ2) is 7.77. The van der Waals surface area contributed by atoms with Crippen LogP contribution in [0.4, 0.5) is 0 Å². The van der Waals surface area contributed by atoms with Gasteiger partial charge in [0.25, 0.3) is 5.91 Å². The van der Waals surface area contributed by atoms with E-state index in [1.807, 2.05) is 32.2 Å². The van der Waals surface area contributed by atoms with Crippen molar-refractivity contribution < 1.29 is 9.53 Å². The van der Waals surface area contributed by atoms with Crippen LogP contribution >= 0.6 is 15.9 Å². The molecule has 0 unspecified atom stereocenters. The van der Waals surface area contributed by atoms with E-state index < -0.39 is 0 Å². The number of ether oxygens (including phenoxy) is 1. The molecule has 0 saturated heterocycles. The Hall–Kier alpha value is -1.58. The Morgan fingerprint density at radius 3 is 2.89 bits per heavy atom. The summed E-state index contributed by atoms with van der Waals surface area (Å²) in [6.45, 7) is 2.47. The highest BCUT2D eigenvalue weighted by atomic mass is 79.9. The van der Waals surface area contributed by atoms with E-state index in [0.29, 0.717) is 12.3 Å². The van der Waals surface area contributed by atoms with Crippen LogP contribution in [0.3, 0.4) is 0 Å². The van der Waals surface area contributed by atoms with Crippen molar-refractivity contribution in [2.75, 3.05) is 20.2 Å². The van der Waals surface area contributed by atoms with Crippen LogP contribution in [-0.2, 0) is 11.3 Å². The number of rotatable bonds is 6. The quantitative estimate of drug-likeness (QED) is 0.777. The molecule has 19 heavy (non-hydrogen) atoms. The fourth-order valence-electron chi connectivity index (χ4n) is 1.65. The van der Waals surface area contributed by atoms with E-state index in [0.717, 1.165) is 15.6 Å². The third-order valence-corrected chi connectivity index (χ3v) is 2.85. The molecular formula is C13H16BrN3O2. The van der Waals surface area contributed by atoms with Gasteiger partial charge >= 0.3 is 0 Å². The Labute approximate surface area is 121 Å². The molecule has 5 nitrogen and oxygen atoms in total. The Bertz CT molecular complexity index is 497. The predicted octanol–water partition coefficient (Wildman–Crippen LogP) is 1.50. The highest BCUT2D eigenvalue weighted by molar-refractivity contribution is 9.10. The van der Waals surface area contributed by atoms with Gasteiger partial charge in [-0.15, -0.1) is 0 Å². The number of amides is 1. The molecule has 0 spiro atoms. The Balaban J connectivity index is 2.76. The van der Waals surface area contributed by atoms with Crippen molar-refractivity contribution in [1.29, 1.82) is 5.26 Å². The van der Waals surface area contributed by atoms with Gasteiger partial charge in [0, 0.05) is 16.6 Å². The molecular weight excluding hydrogens is 310 g/mol. The van der Waals surface area contributed by atoms with Crippen LogP contribution in [0.1, 0.15) is 11.1 Å². The molecule has 0 radical (unpaired) electrons. The summed E-state index contributed by atoms with van der Waals surface area (Å²) < 4.78 is 6.52. The summed E-state index contributed by atoms with van der Waals surface area (Å²) in [6, 6.07) is 5.73. The molecule has 0 bridgehead atoms. The van der Waals surface area contributed by atoms with Gasteiger partial charge in [-0.1, -0.05) is 15.9 Å². The second-order valence-electron chi connectivity index (χ2n) is 3.96. The van der Waals surface area contributed by atoms with Crippen LogP contribution in [0.2, 0.25) is 0 Å². The van der Waals surface area contributed by atoms with E-state index in [9.17, 15) is 4.79 Å². The maximum atomic E-state index is 11.4. The SMILES string of the molecule is CNCc1cc(Br)cc(C)c1OCC(=O)NCC#N. The molecule has 0 saturated carbocycles. The third kappa shape index (κ3) is 4.89. The number of carbonyl (C=O) groups excluding carboxylic acids is 1. The number of hydrogen-bond donors (Lipinski definition) is 2. The first kappa shape index (κ1) is 15.5. The van der Waals surface area contributed by atoms with Gasteiger partial charge in [0.2, 0.25) is 0 Å². The normalized spacial score (nSPS) is 9.79. The predicted molar refractivity (Wildman–Crippen MR) is 75.8 cm³/mol. The second-order valence-corrected chi connectivity index (χ2v) is 4.88. The maximum absolute atomic E-state index is 11.4. The summed E-state index contributed by atoms with van der Waals surface area (Å²) in [6.07, 6.45) is 0. The lowest BCUT2D eigenvalue weighted by atomic mass is 10.1. The number of halogens is 1. The van der Waals surface area contributed by atoms with Gasteiger partial charge in [-0.25, -0.2) is 0 Å². The Kier molecular flexibility index (Phi) is 6.33. The summed E-state index contributed by atoms with van der Waals surface area (Å²) in [7, 11) is 1.85. The van der Waals surface area contributed by atoms with Crippen LogP contribution in [0.5, 0.6) is 5.75 Å². The molecule has 0 aliphatic heterocycles. The van der Waals surface area contributed by atoms with Gasteiger partial charge in [-0.05, 0) is 31.7 Å². The van der Waals surface area contributed by atoms with E-state index in [1.54, 1.807) is 0 Å². The molecule has 1 aromatic carbocycles. The molecule has 2 N–H and O–H groups in total.